The summed E-state index contributed by atoms with van der Waals surface area (Å²) in [5.74, 6) is 0.841. The Balaban J connectivity index is 1.61. The van der Waals surface area contributed by atoms with Crippen molar-refractivity contribution in [2.24, 2.45) is 5.92 Å². The highest BCUT2D eigenvalue weighted by Crippen LogP contribution is 2.36. The third kappa shape index (κ3) is 3.38. The van der Waals surface area contributed by atoms with Crippen molar-refractivity contribution in [3.8, 4) is 5.75 Å². The van der Waals surface area contributed by atoms with Gasteiger partial charge in [-0.05, 0) is 50.7 Å². The van der Waals surface area contributed by atoms with E-state index in [4.69, 9.17) is 4.74 Å². The van der Waals surface area contributed by atoms with E-state index in [1.807, 2.05) is 0 Å². The van der Waals surface area contributed by atoms with E-state index in [9.17, 15) is 14.4 Å². The Bertz CT molecular complexity index is 692. The summed E-state index contributed by atoms with van der Waals surface area (Å²) in [5, 5.41) is 2.90. The molecule has 0 bridgehead atoms. The minimum absolute atomic E-state index is 0.0825. The number of benzene rings is 1. The number of para-hydroxylation sites is 1. The van der Waals surface area contributed by atoms with Gasteiger partial charge in [-0.25, -0.2) is 4.79 Å². The molecule has 6 heteroatoms. The number of urea groups is 1. The first-order valence-corrected chi connectivity index (χ1v) is 8.80. The molecule has 3 amide bonds. The number of Topliss-reactive ketones (excluding diaryl/α,β-unsaturated/α-hetero) is 1. The number of hydrogen-bond donors (Lipinski definition) is 1. The molecule has 1 aromatic carbocycles. The van der Waals surface area contributed by atoms with Crippen LogP contribution in [0.5, 0.6) is 5.75 Å². The van der Waals surface area contributed by atoms with Gasteiger partial charge in [0.05, 0.1) is 12.1 Å². The van der Waals surface area contributed by atoms with Gasteiger partial charge in [0.15, 0.2) is 5.78 Å². The van der Waals surface area contributed by atoms with E-state index < -0.39 is 5.54 Å². The third-order valence-corrected chi connectivity index (χ3v) is 5.21. The number of ether oxygens (including phenoxy) is 1. The van der Waals surface area contributed by atoms with Gasteiger partial charge in [-0.15, -0.1) is 0 Å². The molecular formula is C19H24N2O4. The Hall–Kier alpha value is -2.37. The average molecular weight is 344 g/mol. The van der Waals surface area contributed by atoms with Gasteiger partial charge in [0.25, 0.3) is 5.91 Å². The van der Waals surface area contributed by atoms with Crippen LogP contribution in [-0.2, 0) is 4.79 Å². The molecule has 1 spiro atoms. The number of imide groups is 1. The van der Waals surface area contributed by atoms with Crippen LogP contribution < -0.4 is 10.1 Å². The summed E-state index contributed by atoms with van der Waals surface area (Å²) in [6, 6.07) is 6.63. The van der Waals surface area contributed by atoms with Crippen LogP contribution >= 0.6 is 0 Å². The summed E-state index contributed by atoms with van der Waals surface area (Å²) in [6.07, 6.45) is 3.29. The summed E-state index contributed by atoms with van der Waals surface area (Å²) in [5.41, 5.74) is -0.224. The number of carbonyl (C=O) groups is 3. The fourth-order valence-corrected chi connectivity index (χ4v) is 3.60. The molecule has 1 aliphatic carbocycles. The molecule has 1 N–H and O–H groups in total. The van der Waals surface area contributed by atoms with Crippen LogP contribution in [0.3, 0.4) is 0 Å². The number of hydrogen-bond acceptors (Lipinski definition) is 4. The number of rotatable bonds is 5. The van der Waals surface area contributed by atoms with Crippen molar-refractivity contribution in [3.05, 3.63) is 29.8 Å². The third-order valence-electron chi connectivity index (χ3n) is 5.21. The van der Waals surface area contributed by atoms with Gasteiger partial charge in [0.1, 0.15) is 17.9 Å². The summed E-state index contributed by atoms with van der Waals surface area (Å²) < 4.78 is 5.66. The average Bonchev–Trinajstić information content (AvgIpc) is 2.82. The molecule has 25 heavy (non-hydrogen) atoms. The predicted molar refractivity (Wildman–Crippen MR) is 92.5 cm³/mol. The number of nitrogens with one attached hydrogen (secondary N) is 1. The molecule has 1 aliphatic heterocycles. The molecule has 6 nitrogen and oxygen atoms in total. The highest BCUT2D eigenvalue weighted by molar-refractivity contribution is 6.07. The van der Waals surface area contributed by atoms with E-state index in [0.29, 0.717) is 30.1 Å². The van der Waals surface area contributed by atoms with Gasteiger partial charge >= 0.3 is 6.03 Å². The molecule has 0 unspecified atom stereocenters. The van der Waals surface area contributed by atoms with Gasteiger partial charge in [0, 0.05) is 0 Å². The summed E-state index contributed by atoms with van der Waals surface area (Å²) >= 11 is 0. The molecule has 0 atom stereocenters. The van der Waals surface area contributed by atoms with E-state index in [2.05, 4.69) is 12.2 Å². The number of amides is 3. The first-order valence-electron chi connectivity index (χ1n) is 8.80. The maximum absolute atomic E-state index is 12.7. The van der Waals surface area contributed by atoms with E-state index in [1.165, 1.54) is 11.8 Å². The van der Waals surface area contributed by atoms with Crippen LogP contribution in [-0.4, -0.2) is 41.3 Å². The lowest BCUT2D eigenvalue weighted by Gasteiger charge is -2.33. The quantitative estimate of drug-likeness (QED) is 0.658. The monoisotopic (exact) mass is 344 g/mol. The van der Waals surface area contributed by atoms with Crippen molar-refractivity contribution < 1.29 is 19.1 Å². The second kappa shape index (κ2) is 6.86. The SMILES string of the molecule is CC(=O)c1ccccc1OCCN1C(=O)NC2(CCC(C)CC2)C1=O. The topological polar surface area (TPSA) is 75.7 Å². The van der Waals surface area contributed by atoms with Crippen LogP contribution in [0.25, 0.3) is 0 Å². The van der Waals surface area contributed by atoms with Crippen LogP contribution in [0.4, 0.5) is 4.79 Å². The van der Waals surface area contributed by atoms with Crippen molar-refractivity contribution in [1.82, 2.24) is 10.2 Å². The fourth-order valence-electron chi connectivity index (χ4n) is 3.60. The molecule has 1 heterocycles. The molecule has 0 aromatic heterocycles. The highest BCUT2D eigenvalue weighted by Gasteiger charge is 2.51. The van der Waals surface area contributed by atoms with Crippen molar-refractivity contribution >= 4 is 17.7 Å². The van der Waals surface area contributed by atoms with Crippen LogP contribution in [0.1, 0.15) is 49.9 Å². The second-order valence-electron chi connectivity index (χ2n) is 7.05. The second-order valence-corrected chi connectivity index (χ2v) is 7.05. The zero-order chi connectivity index (χ0) is 18.0. The van der Waals surface area contributed by atoms with E-state index in [0.717, 1.165) is 12.8 Å². The van der Waals surface area contributed by atoms with Crippen LogP contribution in [0.15, 0.2) is 24.3 Å². The van der Waals surface area contributed by atoms with Gasteiger partial charge in [0.2, 0.25) is 0 Å². The molecule has 2 fully saturated rings. The first kappa shape index (κ1) is 17.5. The zero-order valence-corrected chi connectivity index (χ0v) is 14.7. The summed E-state index contributed by atoms with van der Waals surface area (Å²) in [4.78, 5) is 37.8. The van der Waals surface area contributed by atoms with E-state index in [-0.39, 0.29) is 30.9 Å². The molecule has 1 saturated heterocycles. The predicted octanol–water partition coefficient (Wildman–Crippen LogP) is 2.77. The van der Waals surface area contributed by atoms with Gasteiger partial charge in [-0.3, -0.25) is 14.5 Å². The van der Waals surface area contributed by atoms with Crippen molar-refractivity contribution in [1.29, 1.82) is 0 Å². The lowest BCUT2D eigenvalue weighted by molar-refractivity contribution is -0.132. The Morgan fingerprint density at radius 3 is 2.64 bits per heavy atom. The number of carbonyl (C=O) groups excluding carboxylic acids is 3. The molecular weight excluding hydrogens is 320 g/mol. The van der Waals surface area contributed by atoms with Gasteiger partial charge in [-0.2, -0.15) is 0 Å². The molecule has 1 aromatic rings. The molecule has 3 rings (SSSR count). The van der Waals surface area contributed by atoms with Crippen LogP contribution in [0, 0.1) is 5.92 Å². The molecule has 1 saturated carbocycles. The van der Waals surface area contributed by atoms with E-state index >= 15 is 0 Å². The first-order chi connectivity index (χ1) is 11.9. The highest BCUT2D eigenvalue weighted by atomic mass is 16.5. The maximum atomic E-state index is 12.7. The van der Waals surface area contributed by atoms with Gasteiger partial charge < -0.3 is 10.1 Å². The van der Waals surface area contributed by atoms with Crippen molar-refractivity contribution in [2.45, 2.75) is 45.1 Å². The van der Waals surface area contributed by atoms with Gasteiger partial charge in [-0.1, -0.05) is 19.1 Å². The fraction of sp³-hybridized carbons (Fsp3) is 0.526. The molecule has 134 valence electrons. The Morgan fingerprint density at radius 1 is 1.28 bits per heavy atom. The largest absolute Gasteiger partial charge is 0.491 e. The normalized spacial score (nSPS) is 26.0. The lowest BCUT2D eigenvalue weighted by Crippen LogP contribution is -2.49. The molecule has 0 radical (unpaired) electrons. The summed E-state index contributed by atoms with van der Waals surface area (Å²) in [7, 11) is 0. The minimum Gasteiger partial charge on any atom is -0.491 e. The Morgan fingerprint density at radius 2 is 1.96 bits per heavy atom. The Labute approximate surface area is 147 Å². The zero-order valence-electron chi connectivity index (χ0n) is 14.7. The Kier molecular flexibility index (Phi) is 4.79. The van der Waals surface area contributed by atoms with Crippen molar-refractivity contribution in [3.63, 3.8) is 0 Å². The lowest BCUT2D eigenvalue weighted by atomic mass is 9.77. The van der Waals surface area contributed by atoms with Crippen molar-refractivity contribution in [2.75, 3.05) is 13.2 Å². The minimum atomic E-state index is -0.721. The smallest absolute Gasteiger partial charge is 0.325 e. The summed E-state index contributed by atoms with van der Waals surface area (Å²) in [6.45, 7) is 3.99. The van der Waals surface area contributed by atoms with E-state index in [1.54, 1.807) is 24.3 Å². The molecule has 2 aliphatic rings. The van der Waals surface area contributed by atoms with Crippen LogP contribution in [0.2, 0.25) is 0 Å². The number of nitrogens with zero attached hydrogens (tertiary/aromatic N) is 1. The number of ketones is 1. The maximum Gasteiger partial charge on any atom is 0.325 e. The standard InChI is InChI=1S/C19H24N2O4/c1-13-7-9-19(10-8-13)17(23)21(18(24)20-19)11-12-25-16-6-4-3-5-15(16)14(2)22/h3-6,13H,7-12H2,1-2H3,(H,20,24).